The molecule has 4 aliphatic rings. The van der Waals surface area contributed by atoms with E-state index in [-0.39, 0.29) is 40.9 Å². The SMILES string of the molecule is O=C1NCC[C@H]1C[C@H](NC(=O)[C@@H]1C2CCC(CC2)N1C(=O)c1cc2c(F)cc(F)cc2[nH]1)C(=O)CO. The maximum atomic E-state index is 14.2. The van der Waals surface area contributed by atoms with Crippen molar-refractivity contribution < 1.29 is 33.1 Å². The van der Waals surface area contributed by atoms with Gasteiger partial charge in [0.05, 0.1) is 11.6 Å². The summed E-state index contributed by atoms with van der Waals surface area (Å²) in [5.74, 6) is -3.96. The fourth-order valence-corrected chi connectivity index (χ4v) is 5.99. The maximum absolute atomic E-state index is 14.2. The molecule has 0 unspecified atom stereocenters. The van der Waals surface area contributed by atoms with E-state index in [2.05, 4.69) is 15.6 Å². The molecule has 3 atom stereocenters. The lowest BCUT2D eigenvalue weighted by atomic mass is 9.74. The first kappa shape index (κ1) is 24.4. The van der Waals surface area contributed by atoms with Crippen LogP contribution < -0.4 is 10.6 Å². The number of ketones is 1. The molecule has 36 heavy (non-hydrogen) atoms. The first-order chi connectivity index (χ1) is 17.3. The molecule has 4 N–H and O–H groups in total. The smallest absolute Gasteiger partial charge is 0.271 e. The lowest BCUT2D eigenvalue weighted by Gasteiger charge is -2.50. The van der Waals surface area contributed by atoms with Crippen LogP contribution in [0.4, 0.5) is 8.78 Å². The lowest BCUT2D eigenvalue weighted by molar-refractivity contribution is -0.137. The third kappa shape index (κ3) is 4.36. The van der Waals surface area contributed by atoms with Crippen molar-refractivity contribution in [1.29, 1.82) is 0 Å². The number of Topliss-reactive ketones (excluding diaryl/α,β-unsaturated/α-hetero) is 1. The molecule has 9 nitrogen and oxygen atoms in total. The Hall–Kier alpha value is -3.34. The van der Waals surface area contributed by atoms with Gasteiger partial charge in [-0.3, -0.25) is 19.2 Å². The number of carbonyl (C=O) groups excluding carboxylic acids is 4. The summed E-state index contributed by atoms with van der Waals surface area (Å²) in [5.41, 5.74) is 0.188. The van der Waals surface area contributed by atoms with Gasteiger partial charge in [-0.25, -0.2) is 8.78 Å². The van der Waals surface area contributed by atoms with E-state index in [1.807, 2.05) is 0 Å². The summed E-state index contributed by atoms with van der Waals surface area (Å²) in [7, 11) is 0. The van der Waals surface area contributed by atoms with Crippen molar-refractivity contribution >= 4 is 34.4 Å². The average Bonchev–Trinajstić information content (AvgIpc) is 3.48. The number of aromatic amines is 1. The number of hydrogen-bond acceptors (Lipinski definition) is 5. The number of piperidine rings is 2. The minimum Gasteiger partial charge on any atom is -0.389 e. The molecule has 3 aliphatic heterocycles. The molecule has 4 fully saturated rings. The Kier molecular flexibility index (Phi) is 6.50. The van der Waals surface area contributed by atoms with Crippen LogP contribution in [-0.2, 0) is 14.4 Å². The maximum Gasteiger partial charge on any atom is 0.271 e. The van der Waals surface area contributed by atoms with Gasteiger partial charge in [-0.05, 0) is 56.6 Å². The minimum absolute atomic E-state index is 0.0467. The largest absolute Gasteiger partial charge is 0.389 e. The third-order valence-corrected chi connectivity index (χ3v) is 7.81. The number of aliphatic hydroxyl groups excluding tert-OH is 1. The van der Waals surface area contributed by atoms with E-state index in [1.54, 1.807) is 0 Å². The van der Waals surface area contributed by atoms with Gasteiger partial charge in [-0.2, -0.15) is 0 Å². The van der Waals surface area contributed by atoms with Gasteiger partial charge in [0.25, 0.3) is 5.91 Å². The van der Waals surface area contributed by atoms with Crippen LogP contribution in [-0.4, -0.2) is 69.8 Å². The third-order valence-electron chi connectivity index (χ3n) is 7.81. The summed E-state index contributed by atoms with van der Waals surface area (Å²) < 4.78 is 27.9. The number of H-pyrrole nitrogens is 1. The molecular formula is C25H28F2N4O5. The summed E-state index contributed by atoms with van der Waals surface area (Å²) in [6.45, 7) is -0.295. The molecule has 4 heterocycles. The Morgan fingerprint density at radius 2 is 1.86 bits per heavy atom. The predicted molar refractivity (Wildman–Crippen MR) is 124 cm³/mol. The monoisotopic (exact) mass is 502 g/mol. The summed E-state index contributed by atoms with van der Waals surface area (Å²) in [5, 5.41) is 14.9. The molecule has 3 amide bonds. The molecule has 11 heteroatoms. The Morgan fingerprint density at radius 1 is 1.11 bits per heavy atom. The van der Waals surface area contributed by atoms with E-state index in [0.717, 1.165) is 25.0 Å². The van der Waals surface area contributed by atoms with Gasteiger partial charge in [0, 0.05) is 30.0 Å². The van der Waals surface area contributed by atoms with Gasteiger partial charge in [-0.1, -0.05) is 0 Å². The summed E-state index contributed by atoms with van der Waals surface area (Å²) >= 11 is 0. The van der Waals surface area contributed by atoms with Crippen molar-refractivity contribution in [3.05, 3.63) is 35.5 Å². The topological polar surface area (TPSA) is 132 Å². The lowest BCUT2D eigenvalue weighted by Crippen LogP contribution is -2.64. The molecule has 2 aromatic rings. The zero-order valence-corrected chi connectivity index (χ0v) is 19.6. The van der Waals surface area contributed by atoms with E-state index in [4.69, 9.17) is 0 Å². The first-order valence-electron chi connectivity index (χ1n) is 12.3. The molecule has 192 valence electrons. The van der Waals surface area contributed by atoms with Crippen LogP contribution in [0.1, 0.15) is 49.0 Å². The fourth-order valence-electron chi connectivity index (χ4n) is 5.99. The molecule has 1 aliphatic carbocycles. The van der Waals surface area contributed by atoms with Crippen LogP contribution in [0.15, 0.2) is 18.2 Å². The summed E-state index contributed by atoms with van der Waals surface area (Å²) in [4.78, 5) is 55.9. The predicted octanol–water partition coefficient (Wildman–Crippen LogP) is 1.40. The molecule has 0 radical (unpaired) electrons. The standard InChI is InChI=1S/C25H28F2N4O5/c26-14-8-17(27)16-10-20(29-18(16)9-14)25(36)31-15-3-1-12(2-4-15)22(31)24(35)30-19(21(33)11-32)7-13-5-6-28-23(13)34/h8-10,12-13,15,19,22,29,32H,1-7,11H2,(H,28,34)(H,30,35)/t12?,13-,15?,19-,22-/m0/s1. The van der Waals surface area contributed by atoms with Crippen LogP contribution in [0.3, 0.4) is 0 Å². The second-order valence-corrected chi connectivity index (χ2v) is 9.96. The van der Waals surface area contributed by atoms with Crippen molar-refractivity contribution in [2.45, 2.75) is 56.7 Å². The quantitative estimate of drug-likeness (QED) is 0.455. The first-order valence-corrected chi connectivity index (χ1v) is 12.3. The molecule has 6 rings (SSSR count). The zero-order chi connectivity index (χ0) is 25.6. The molecule has 0 spiro atoms. The molecule has 1 aromatic carbocycles. The number of rotatable bonds is 7. The fraction of sp³-hybridized carbons (Fsp3) is 0.520. The van der Waals surface area contributed by atoms with E-state index in [0.29, 0.717) is 25.8 Å². The van der Waals surface area contributed by atoms with Crippen molar-refractivity contribution in [3.8, 4) is 0 Å². The number of nitrogens with one attached hydrogen (secondary N) is 3. The number of amides is 3. The second kappa shape index (κ2) is 9.61. The number of carbonyl (C=O) groups is 4. The van der Waals surface area contributed by atoms with Gasteiger partial charge < -0.3 is 25.6 Å². The van der Waals surface area contributed by atoms with Crippen LogP contribution in [0.5, 0.6) is 0 Å². The van der Waals surface area contributed by atoms with Crippen LogP contribution >= 0.6 is 0 Å². The number of fused-ring (bicyclic) bond motifs is 4. The Balaban J connectivity index is 1.41. The second-order valence-electron chi connectivity index (χ2n) is 9.96. The Bertz CT molecular complexity index is 1220. The van der Waals surface area contributed by atoms with Crippen molar-refractivity contribution in [1.82, 2.24) is 20.5 Å². The number of aliphatic hydroxyl groups is 1. The molecule has 3 saturated heterocycles. The summed E-state index contributed by atoms with van der Waals surface area (Å²) in [6.07, 6.45) is 3.50. The zero-order valence-electron chi connectivity index (χ0n) is 19.6. The molecule has 2 bridgehead atoms. The van der Waals surface area contributed by atoms with Crippen LogP contribution in [0, 0.1) is 23.5 Å². The van der Waals surface area contributed by atoms with Gasteiger partial charge in [0.1, 0.15) is 30.0 Å². The van der Waals surface area contributed by atoms with E-state index < -0.39 is 53.8 Å². The Labute approximate surface area is 205 Å². The Morgan fingerprint density at radius 3 is 2.53 bits per heavy atom. The van der Waals surface area contributed by atoms with Crippen molar-refractivity contribution in [3.63, 3.8) is 0 Å². The van der Waals surface area contributed by atoms with Crippen molar-refractivity contribution in [2.75, 3.05) is 13.2 Å². The average molecular weight is 503 g/mol. The highest BCUT2D eigenvalue weighted by Crippen LogP contribution is 2.41. The van der Waals surface area contributed by atoms with Gasteiger partial charge in [0.15, 0.2) is 5.78 Å². The van der Waals surface area contributed by atoms with Crippen molar-refractivity contribution in [2.24, 2.45) is 11.8 Å². The number of halogens is 2. The van der Waals surface area contributed by atoms with E-state index in [1.165, 1.54) is 11.0 Å². The van der Waals surface area contributed by atoms with Crippen LogP contribution in [0.2, 0.25) is 0 Å². The number of benzene rings is 1. The molecule has 1 saturated carbocycles. The number of aromatic nitrogens is 1. The highest BCUT2D eigenvalue weighted by molar-refractivity contribution is 6.01. The minimum atomic E-state index is -1.06. The molecular weight excluding hydrogens is 474 g/mol. The van der Waals surface area contributed by atoms with E-state index in [9.17, 15) is 33.1 Å². The normalized spacial score (nSPS) is 26.2. The molecule has 1 aromatic heterocycles. The van der Waals surface area contributed by atoms with E-state index >= 15 is 0 Å². The highest BCUT2D eigenvalue weighted by atomic mass is 19.1. The van der Waals surface area contributed by atoms with Gasteiger partial charge in [0.2, 0.25) is 11.8 Å². The van der Waals surface area contributed by atoms with Gasteiger partial charge >= 0.3 is 0 Å². The van der Waals surface area contributed by atoms with Gasteiger partial charge in [-0.15, -0.1) is 0 Å². The van der Waals surface area contributed by atoms with Crippen LogP contribution in [0.25, 0.3) is 10.9 Å². The summed E-state index contributed by atoms with van der Waals surface area (Å²) in [6, 6.07) is 1.04. The number of hydrogen-bond donors (Lipinski definition) is 4. The number of nitrogens with zero attached hydrogens (tertiary/aromatic N) is 1. The highest BCUT2D eigenvalue weighted by Gasteiger charge is 2.48.